The topological polar surface area (TPSA) is 103 Å². The van der Waals surface area contributed by atoms with E-state index < -0.39 is 18.0 Å². The fourth-order valence-corrected chi connectivity index (χ4v) is 0.833. The zero-order chi connectivity index (χ0) is 14.1. The molecule has 1 N–H and O–H groups in total. The summed E-state index contributed by atoms with van der Waals surface area (Å²) in [7, 11) is 3.47. The molecule has 0 atom stereocenters. The van der Waals surface area contributed by atoms with E-state index in [1.807, 2.05) is 5.43 Å². The summed E-state index contributed by atoms with van der Waals surface area (Å²) in [5.41, 5.74) is 1.94. The molecule has 0 aromatic carbocycles. The van der Waals surface area contributed by atoms with Crippen LogP contribution in [0.15, 0.2) is 16.8 Å². The van der Waals surface area contributed by atoms with E-state index in [1.54, 1.807) is 0 Å². The third-order valence-electron chi connectivity index (χ3n) is 1.76. The van der Waals surface area contributed by atoms with Gasteiger partial charge in [-0.05, 0) is 6.92 Å². The van der Waals surface area contributed by atoms with Crippen LogP contribution in [0.3, 0.4) is 0 Å². The predicted octanol–water partition coefficient (Wildman–Crippen LogP) is -0.00930. The van der Waals surface area contributed by atoms with Gasteiger partial charge in [-0.2, -0.15) is 5.10 Å². The highest BCUT2D eigenvalue weighted by Crippen LogP contribution is 2.02. The summed E-state index contributed by atoms with van der Waals surface area (Å²) in [5.74, 6) is -1.53. The highest BCUT2D eigenvalue weighted by molar-refractivity contribution is 6.21. The second kappa shape index (κ2) is 7.82. The van der Waals surface area contributed by atoms with E-state index in [0.717, 1.165) is 27.4 Å². The molecule has 0 saturated carbocycles. The number of carbonyl (C=O) groups is 3. The van der Waals surface area contributed by atoms with Gasteiger partial charge >= 0.3 is 18.0 Å². The number of nitrogens with zero attached hydrogens (tertiary/aromatic N) is 1. The number of esters is 2. The maximum atomic E-state index is 11.4. The fourth-order valence-electron chi connectivity index (χ4n) is 0.833. The lowest BCUT2D eigenvalue weighted by atomic mass is 10.1. The Hall–Kier alpha value is -2.38. The molecule has 0 unspecified atom stereocenters. The van der Waals surface area contributed by atoms with Gasteiger partial charge in [0.05, 0.1) is 32.6 Å². The normalized spacial score (nSPS) is 11.6. The highest BCUT2D eigenvalue weighted by Gasteiger charge is 2.16. The molecule has 1 amide bonds. The number of rotatable bonds is 4. The zero-order valence-electron chi connectivity index (χ0n) is 10.5. The second-order valence-electron chi connectivity index (χ2n) is 2.87. The number of hydrazone groups is 1. The summed E-state index contributed by atoms with van der Waals surface area (Å²) in [6.07, 6.45) is 0.0977. The Balaban J connectivity index is 5.08. The average molecular weight is 258 g/mol. The Morgan fingerprint density at radius 2 is 1.67 bits per heavy atom. The fraction of sp³-hybridized carbons (Fsp3) is 0.400. The monoisotopic (exact) mass is 258 g/mol. The number of carbonyl (C=O) groups excluding carboxylic acids is 3. The van der Waals surface area contributed by atoms with E-state index in [4.69, 9.17) is 0 Å². The van der Waals surface area contributed by atoms with Crippen molar-refractivity contribution in [3.8, 4) is 0 Å². The molecular formula is C10H14N2O6. The molecule has 0 bridgehead atoms. The van der Waals surface area contributed by atoms with Crippen molar-refractivity contribution in [2.45, 2.75) is 6.92 Å². The quantitative estimate of drug-likeness (QED) is 0.250. The van der Waals surface area contributed by atoms with Gasteiger partial charge in [-0.25, -0.2) is 19.8 Å². The highest BCUT2D eigenvalue weighted by atomic mass is 16.5. The van der Waals surface area contributed by atoms with Crippen molar-refractivity contribution >= 4 is 23.7 Å². The molecule has 0 heterocycles. The van der Waals surface area contributed by atoms with Crippen LogP contribution in [0, 0.1) is 0 Å². The molecule has 0 rings (SSSR count). The number of ether oxygens (including phenoxy) is 3. The molecule has 0 aliphatic heterocycles. The molecule has 0 fully saturated rings. The van der Waals surface area contributed by atoms with Gasteiger partial charge in [0.2, 0.25) is 0 Å². The Labute approximate surface area is 104 Å². The van der Waals surface area contributed by atoms with Crippen molar-refractivity contribution in [1.82, 2.24) is 5.43 Å². The van der Waals surface area contributed by atoms with Crippen LogP contribution in [-0.2, 0) is 23.8 Å². The van der Waals surface area contributed by atoms with Crippen LogP contribution in [0.4, 0.5) is 4.79 Å². The molecule has 8 nitrogen and oxygen atoms in total. The van der Waals surface area contributed by atoms with Crippen molar-refractivity contribution in [2.75, 3.05) is 21.3 Å². The van der Waals surface area contributed by atoms with E-state index in [-0.39, 0.29) is 11.3 Å². The summed E-state index contributed by atoms with van der Waals surface area (Å²) in [5, 5.41) is 3.57. The number of hydrogen-bond acceptors (Lipinski definition) is 7. The van der Waals surface area contributed by atoms with Crippen LogP contribution in [0.25, 0.3) is 0 Å². The largest absolute Gasteiger partial charge is 0.466 e. The van der Waals surface area contributed by atoms with Crippen molar-refractivity contribution in [2.24, 2.45) is 5.10 Å². The molecule has 100 valence electrons. The first-order valence-corrected chi connectivity index (χ1v) is 4.72. The smallest absolute Gasteiger partial charge is 0.427 e. The first kappa shape index (κ1) is 15.6. The molecule has 0 aliphatic carbocycles. The SMILES string of the molecule is COC(=O)/C=C(C(=O)OC)\C(C)=N\NC(=O)OC. The van der Waals surface area contributed by atoms with Crippen LogP contribution < -0.4 is 5.43 Å². The number of nitrogens with one attached hydrogen (secondary N) is 1. The molecule has 0 saturated heterocycles. The predicted molar refractivity (Wildman–Crippen MR) is 60.8 cm³/mol. The third kappa shape index (κ3) is 5.10. The summed E-state index contributed by atoms with van der Waals surface area (Å²) < 4.78 is 13.1. The first-order chi connectivity index (χ1) is 8.46. The Bertz CT molecular complexity index is 399. The summed E-state index contributed by atoms with van der Waals surface area (Å²) >= 11 is 0. The van der Waals surface area contributed by atoms with Gasteiger partial charge in [0.25, 0.3) is 0 Å². The van der Waals surface area contributed by atoms with Gasteiger partial charge in [-0.1, -0.05) is 0 Å². The lowest BCUT2D eigenvalue weighted by Crippen LogP contribution is -2.21. The lowest BCUT2D eigenvalue weighted by Gasteiger charge is -2.05. The minimum absolute atomic E-state index is 0.0673. The summed E-state index contributed by atoms with van der Waals surface area (Å²) in [6, 6.07) is 0. The second-order valence-corrected chi connectivity index (χ2v) is 2.87. The van der Waals surface area contributed by atoms with Crippen molar-refractivity contribution in [3.63, 3.8) is 0 Å². The molecule has 0 aromatic heterocycles. The van der Waals surface area contributed by atoms with Crippen LogP contribution in [0.2, 0.25) is 0 Å². The van der Waals surface area contributed by atoms with Crippen molar-refractivity contribution < 1.29 is 28.6 Å². The molecule has 0 radical (unpaired) electrons. The van der Waals surface area contributed by atoms with Crippen LogP contribution in [0.5, 0.6) is 0 Å². The van der Waals surface area contributed by atoms with E-state index in [0.29, 0.717) is 0 Å². The number of amides is 1. The summed E-state index contributed by atoms with van der Waals surface area (Å²) in [4.78, 5) is 33.3. The molecule has 0 spiro atoms. The van der Waals surface area contributed by atoms with Crippen molar-refractivity contribution in [1.29, 1.82) is 0 Å². The molecular weight excluding hydrogens is 244 g/mol. The molecule has 8 heteroatoms. The minimum Gasteiger partial charge on any atom is -0.466 e. The minimum atomic E-state index is -0.809. The lowest BCUT2D eigenvalue weighted by molar-refractivity contribution is -0.138. The van der Waals surface area contributed by atoms with Crippen molar-refractivity contribution in [3.05, 3.63) is 11.6 Å². The first-order valence-electron chi connectivity index (χ1n) is 4.72. The Kier molecular flexibility index (Phi) is 6.79. The van der Waals surface area contributed by atoms with Gasteiger partial charge in [0, 0.05) is 6.08 Å². The van der Waals surface area contributed by atoms with Crippen LogP contribution in [0.1, 0.15) is 6.92 Å². The number of hydrogen-bond donors (Lipinski definition) is 1. The Morgan fingerprint density at radius 3 is 2.11 bits per heavy atom. The van der Waals surface area contributed by atoms with Crippen LogP contribution >= 0.6 is 0 Å². The molecule has 18 heavy (non-hydrogen) atoms. The molecule has 0 aromatic rings. The maximum Gasteiger partial charge on any atom is 0.427 e. The van der Waals surface area contributed by atoms with E-state index >= 15 is 0 Å². The van der Waals surface area contributed by atoms with E-state index in [2.05, 4.69) is 19.3 Å². The third-order valence-corrected chi connectivity index (χ3v) is 1.76. The zero-order valence-corrected chi connectivity index (χ0v) is 10.5. The van der Waals surface area contributed by atoms with Gasteiger partial charge in [0.15, 0.2) is 0 Å². The van der Waals surface area contributed by atoms with Gasteiger partial charge in [0.1, 0.15) is 0 Å². The maximum absolute atomic E-state index is 11.4. The van der Waals surface area contributed by atoms with E-state index in [9.17, 15) is 14.4 Å². The van der Waals surface area contributed by atoms with Gasteiger partial charge in [-0.15, -0.1) is 0 Å². The molecule has 0 aliphatic rings. The van der Waals surface area contributed by atoms with Gasteiger partial charge < -0.3 is 14.2 Å². The van der Waals surface area contributed by atoms with Gasteiger partial charge in [-0.3, -0.25) is 0 Å². The average Bonchev–Trinajstić information content (AvgIpc) is 2.40. The number of methoxy groups -OCH3 is 3. The van der Waals surface area contributed by atoms with E-state index in [1.165, 1.54) is 6.92 Å². The summed E-state index contributed by atoms with van der Waals surface area (Å²) in [6.45, 7) is 1.40. The standard InChI is InChI=1S/C10H14N2O6/c1-6(11-12-10(15)18-4)7(9(14)17-3)5-8(13)16-2/h5H,1-4H3,(H,12,15)/b7-5+,11-6+. The van der Waals surface area contributed by atoms with Crippen LogP contribution in [-0.4, -0.2) is 45.1 Å². The Morgan fingerprint density at radius 1 is 1.06 bits per heavy atom.